The Labute approximate surface area is 235 Å². The zero-order valence-corrected chi connectivity index (χ0v) is 23.3. The van der Waals surface area contributed by atoms with Gasteiger partial charge in [-0.05, 0) is 67.9 Å². The Morgan fingerprint density at radius 2 is 1.48 bits per heavy atom. The lowest BCUT2D eigenvalue weighted by Gasteiger charge is -2.29. The molecule has 0 amide bonds. The number of rotatable bonds is 12. The van der Waals surface area contributed by atoms with E-state index in [1.807, 2.05) is 13.0 Å². The van der Waals surface area contributed by atoms with Gasteiger partial charge < -0.3 is 9.47 Å². The van der Waals surface area contributed by atoms with E-state index in [4.69, 9.17) is 9.47 Å². The van der Waals surface area contributed by atoms with E-state index < -0.39 is 23.3 Å². The highest BCUT2D eigenvalue weighted by molar-refractivity contribution is 5.72. The third kappa shape index (κ3) is 7.14. The van der Waals surface area contributed by atoms with E-state index in [1.54, 1.807) is 36.4 Å². The van der Waals surface area contributed by atoms with Crippen molar-refractivity contribution in [3.8, 4) is 28.0 Å². The number of unbranched alkanes of at least 4 members (excludes halogenated alkanes) is 3. The van der Waals surface area contributed by atoms with Crippen molar-refractivity contribution in [3.05, 3.63) is 89.5 Å². The third-order valence-electron chi connectivity index (χ3n) is 7.62. The summed E-state index contributed by atoms with van der Waals surface area (Å²) in [6, 6.07) is 12.4. The second-order valence-corrected chi connectivity index (χ2v) is 10.4. The molecule has 2 unspecified atom stereocenters. The van der Waals surface area contributed by atoms with Crippen LogP contribution in [0.25, 0.3) is 22.3 Å². The van der Waals surface area contributed by atoms with Gasteiger partial charge >= 0.3 is 0 Å². The van der Waals surface area contributed by atoms with Crippen LogP contribution in [0.4, 0.5) is 17.6 Å². The lowest BCUT2D eigenvalue weighted by Crippen LogP contribution is -2.25. The van der Waals surface area contributed by atoms with Gasteiger partial charge in [0.1, 0.15) is 0 Å². The molecule has 2 atom stereocenters. The average molecular weight is 555 g/mol. The summed E-state index contributed by atoms with van der Waals surface area (Å²) in [5, 5.41) is 0. The molecule has 0 aliphatic carbocycles. The summed E-state index contributed by atoms with van der Waals surface area (Å²) < 4.78 is 71.2. The van der Waals surface area contributed by atoms with Crippen LogP contribution in [0.15, 0.2) is 60.7 Å². The molecule has 40 heavy (non-hydrogen) atoms. The summed E-state index contributed by atoms with van der Waals surface area (Å²) in [5.41, 5.74) is 1.40. The van der Waals surface area contributed by atoms with Crippen LogP contribution in [0.2, 0.25) is 0 Å². The number of hydrogen-bond acceptors (Lipinski definition) is 2. The molecule has 0 bridgehead atoms. The number of hydrogen-bond donors (Lipinski definition) is 0. The highest BCUT2D eigenvalue weighted by atomic mass is 19.2. The lowest BCUT2D eigenvalue weighted by atomic mass is 9.88. The summed E-state index contributed by atoms with van der Waals surface area (Å²) in [6.45, 7) is 4.78. The molecule has 0 saturated carbocycles. The summed E-state index contributed by atoms with van der Waals surface area (Å²) in [4.78, 5) is 0. The second kappa shape index (κ2) is 14.5. The molecule has 1 fully saturated rings. The quantitative estimate of drug-likeness (QED) is 0.126. The first-order valence-corrected chi connectivity index (χ1v) is 14.4. The van der Waals surface area contributed by atoms with Crippen LogP contribution in [0.1, 0.15) is 76.7 Å². The van der Waals surface area contributed by atoms with Crippen LogP contribution in [0.3, 0.4) is 0 Å². The van der Waals surface area contributed by atoms with Crippen molar-refractivity contribution in [1.29, 1.82) is 0 Å². The van der Waals surface area contributed by atoms with Gasteiger partial charge in [0.15, 0.2) is 23.2 Å². The molecule has 3 aromatic carbocycles. The maximum Gasteiger partial charge on any atom is 0.201 e. The Hall–Kier alpha value is -3.12. The molecule has 0 N–H and O–H groups in total. The van der Waals surface area contributed by atoms with E-state index in [1.165, 1.54) is 12.1 Å². The molecular weight excluding hydrogens is 516 g/mol. The Bertz CT molecular complexity index is 1280. The lowest BCUT2D eigenvalue weighted by molar-refractivity contribution is -0.000894. The molecule has 2 nitrogen and oxygen atoms in total. The summed E-state index contributed by atoms with van der Waals surface area (Å²) >= 11 is 0. The molecule has 0 aromatic heterocycles. The largest absolute Gasteiger partial charge is 0.490 e. The number of halogens is 4. The van der Waals surface area contributed by atoms with Crippen molar-refractivity contribution >= 4 is 0 Å². The molecule has 0 spiro atoms. The maximum absolute atomic E-state index is 15.2. The zero-order chi connectivity index (χ0) is 28.5. The van der Waals surface area contributed by atoms with Crippen molar-refractivity contribution in [3.63, 3.8) is 0 Å². The molecule has 6 heteroatoms. The third-order valence-corrected chi connectivity index (χ3v) is 7.62. The van der Waals surface area contributed by atoms with E-state index in [-0.39, 0.29) is 28.9 Å². The van der Waals surface area contributed by atoms with Gasteiger partial charge in [0, 0.05) is 17.0 Å². The summed E-state index contributed by atoms with van der Waals surface area (Å²) in [7, 11) is 0. The molecule has 1 saturated heterocycles. The van der Waals surface area contributed by atoms with Crippen molar-refractivity contribution in [2.45, 2.75) is 77.2 Å². The fourth-order valence-corrected chi connectivity index (χ4v) is 5.24. The van der Waals surface area contributed by atoms with Crippen molar-refractivity contribution < 1.29 is 27.0 Å². The van der Waals surface area contributed by atoms with Crippen molar-refractivity contribution in [2.75, 3.05) is 13.2 Å². The van der Waals surface area contributed by atoms with Gasteiger partial charge in [0.2, 0.25) is 5.82 Å². The van der Waals surface area contributed by atoms with E-state index in [2.05, 4.69) is 13.0 Å². The fraction of sp³-hybridized carbons (Fsp3) is 0.412. The molecule has 1 aliphatic rings. The first-order valence-electron chi connectivity index (χ1n) is 14.4. The topological polar surface area (TPSA) is 18.5 Å². The average Bonchev–Trinajstić information content (AvgIpc) is 2.97. The molecule has 1 heterocycles. The Morgan fingerprint density at radius 1 is 0.800 bits per heavy atom. The van der Waals surface area contributed by atoms with Gasteiger partial charge in [-0.25, -0.2) is 13.2 Å². The maximum atomic E-state index is 15.2. The van der Waals surface area contributed by atoms with Crippen LogP contribution >= 0.6 is 0 Å². The Morgan fingerprint density at radius 3 is 2.10 bits per heavy atom. The minimum atomic E-state index is -1.03. The van der Waals surface area contributed by atoms with Gasteiger partial charge in [-0.1, -0.05) is 74.7 Å². The van der Waals surface area contributed by atoms with E-state index in [0.29, 0.717) is 29.9 Å². The second-order valence-electron chi connectivity index (χ2n) is 10.4. The van der Waals surface area contributed by atoms with E-state index >= 15 is 8.78 Å². The first kappa shape index (κ1) is 29.9. The van der Waals surface area contributed by atoms with Crippen molar-refractivity contribution in [1.82, 2.24) is 0 Å². The molecule has 1 aliphatic heterocycles. The predicted octanol–water partition coefficient (Wildman–Crippen LogP) is 10.2. The minimum Gasteiger partial charge on any atom is -0.490 e. The smallest absolute Gasteiger partial charge is 0.201 e. The van der Waals surface area contributed by atoms with E-state index in [9.17, 15) is 8.78 Å². The standard InChI is InChI=1S/C34H38F4O2/c1-3-5-7-9-21-39-30-20-19-28(33(37)34(30)38)24-13-11-23(12-14-24)27-17-18-29(32(36)31(27)35)25-15-16-26(40-22-25)10-8-6-4-2/h4,6,11-14,17-20,25-26H,3,5,7-10,15-16,21-22H2,1-2H3. The minimum absolute atomic E-state index is 0.0747. The van der Waals surface area contributed by atoms with Crippen LogP contribution in [0, 0.1) is 23.3 Å². The molecule has 214 valence electrons. The van der Waals surface area contributed by atoms with Gasteiger partial charge in [-0.2, -0.15) is 4.39 Å². The molecule has 0 radical (unpaired) electrons. The molecular formula is C34H38F4O2. The van der Waals surface area contributed by atoms with Gasteiger partial charge in [-0.3, -0.25) is 0 Å². The normalized spacial score (nSPS) is 17.4. The van der Waals surface area contributed by atoms with Crippen LogP contribution in [-0.2, 0) is 4.74 Å². The van der Waals surface area contributed by atoms with Gasteiger partial charge in [-0.15, -0.1) is 0 Å². The summed E-state index contributed by atoms with van der Waals surface area (Å²) in [6.07, 6.45) is 11.6. The van der Waals surface area contributed by atoms with Crippen LogP contribution < -0.4 is 4.74 Å². The van der Waals surface area contributed by atoms with Gasteiger partial charge in [0.25, 0.3) is 0 Å². The fourth-order valence-electron chi connectivity index (χ4n) is 5.24. The SMILES string of the molecule is CC=CCCC1CCC(c2ccc(-c3ccc(-c4ccc(OCCCCCC)c(F)c4F)cc3)c(F)c2F)CO1. The molecule has 4 rings (SSSR count). The predicted molar refractivity (Wildman–Crippen MR) is 153 cm³/mol. The van der Waals surface area contributed by atoms with Crippen molar-refractivity contribution in [2.24, 2.45) is 0 Å². The highest BCUT2D eigenvalue weighted by Gasteiger charge is 2.27. The van der Waals surface area contributed by atoms with Crippen LogP contribution in [0.5, 0.6) is 5.75 Å². The number of allylic oxidation sites excluding steroid dienone is 2. The summed E-state index contributed by atoms with van der Waals surface area (Å²) in [5.74, 6) is -4.11. The highest BCUT2D eigenvalue weighted by Crippen LogP contribution is 2.36. The monoisotopic (exact) mass is 554 g/mol. The number of ether oxygens (including phenoxy) is 2. The zero-order valence-electron chi connectivity index (χ0n) is 23.3. The Kier molecular flexibility index (Phi) is 10.8. The Balaban J connectivity index is 1.44. The first-order chi connectivity index (χ1) is 19.4. The van der Waals surface area contributed by atoms with Gasteiger partial charge in [0.05, 0.1) is 19.3 Å². The van der Waals surface area contributed by atoms with Crippen LogP contribution in [-0.4, -0.2) is 19.3 Å². The number of benzene rings is 3. The van der Waals surface area contributed by atoms with E-state index in [0.717, 1.165) is 51.4 Å². The molecule has 3 aromatic rings.